The monoisotopic (exact) mass is 411 g/mol. The zero-order chi connectivity index (χ0) is 21.5. The predicted octanol–water partition coefficient (Wildman–Crippen LogP) is 2.55. The van der Waals surface area contributed by atoms with Crippen LogP contribution in [-0.2, 0) is 9.59 Å². The van der Waals surface area contributed by atoms with Crippen LogP contribution in [0.4, 0.5) is 5.69 Å². The van der Waals surface area contributed by atoms with Crippen LogP contribution >= 0.6 is 0 Å². The van der Waals surface area contributed by atoms with Gasteiger partial charge in [-0.25, -0.2) is 0 Å². The Hall–Kier alpha value is -3.06. The highest BCUT2D eigenvalue weighted by Gasteiger charge is 2.25. The minimum atomic E-state index is -0.223. The third-order valence-electron chi connectivity index (χ3n) is 4.88. The van der Waals surface area contributed by atoms with E-state index in [4.69, 9.17) is 9.47 Å². The van der Waals surface area contributed by atoms with Gasteiger partial charge >= 0.3 is 0 Å². The van der Waals surface area contributed by atoms with Gasteiger partial charge in [0.25, 0.3) is 0 Å². The number of nitrogens with zero attached hydrogens (tertiary/aromatic N) is 2. The highest BCUT2D eigenvalue weighted by molar-refractivity contribution is 5.92. The largest absolute Gasteiger partial charge is 0.486 e. The number of rotatable bonds is 8. The molecule has 0 saturated carbocycles. The second kappa shape index (κ2) is 10.1. The summed E-state index contributed by atoms with van der Waals surface area (Å²) < 4.78 is 11.7. The Morgan fingerprint density at radius 2 is 1.77 bits per heavy atom. The summed E-state index contributed by atoms with van der Waals surface area (Å²) >= 11 is 0. The maximum Gasteiger partial charge on any atom is 0.238 e. The second-order valence-electron chi connectivity index (χ2n) is 7.52. The van der Waals surface area contributed by atoms with Gasteiger partial charge in [-0.3, -0.25) is 14.5 Å². The molecule has 2 aromatic carbocycles. The van der Waals surface area contributed by atoms with Gasteiger partial charge in [0.1, 0.15) is 6.61 Å². The normalized spacial score (nSPS) is 15.0. The molecule has 0 radical (unpaired) electrons. The van der Waals surface area contributed by atoms with Crippen LogP contribution in [0.3, 0.4) is 0 Å². The number of benzene rings is 2. The maximum atomic E-state index is 12.7. The predicted molar refractivity (Wildman–Crippen MR) is 116 cm³/mol. The Bertz CT molecular complexity index is 869. The molecule has 7 heteroatoms. The van der Waals surface area contributed by atoms with Crippen LogP contribution in [0.25, 0.3) is 0 Å². The molecular weight excluding hydrogens is 382 g/mol. The first-order valence-corrected chi connectivity index (χ1v) is 10.2. The number of para-hydroxylation sites is 2. The third kappa shape index (κ3) is 5.97. The molecule has 160 valence electrons. The first-order chi connectivity index (χ1) is 14.4. The summed E-state index contributed by atoms with van der Waals surface area (Å²) in [6, 6.07) is 15.1. The number of aryl methyl sites for hydroxylation is 1. The highest BCUT2D eigenvalue weighted by Crippen LogP contribution is 2.31. The van der Waals surface area contributed by atoms with Gasteiger partial charge in [-0.1, -0.05) is 29.8 Å². The van der Waals surface area contributed by atoms with Crippen molar-refractivity contribution in [3.8, 4) is 11.5 Å². The smallest absolute Gasteiger partial charge is 0.238 e. The molecule has 7 nitrogen and oxygen atoms in total. The third-order valence-corrected chi connectivity index (χ3v) is 4.88. The van der Waals surface area contributed by atoms with Crippen molar-refractivity contribution in [2.24, 2.45) is 0 Å². The summed E-state index contributed by atoms with van der Waals surface area (Å²) in [5.41, 5.74) is 1.88. The molecular formula is C23H29N3O4. The fraction of sp³-hybridized carbons (Fsp3) is 0.391. The standard InChI is InChI=1S/C23H29N3O4/c1-4-26(13-19-16-29-20-7-5-6-8-21(20)30-19)23(28)15-25(3)14-22(27)24-18-11-9-17(2)10-12-18/h5-12,19H,4,13-16H2,1-3H3,(H,24,27)/t19-/m1/s1. The van der Waals surface area contributed by atoms with E-state index in [0.717, 1.165) is 17.0 Å². The lowest BCUT2D eigenvalue weighted by Crippen LogP contribution is -2.47. The Labute approximate surface area is 177 Å². The zero-order valence-electron chi connectivity index (χ0n) is 17.8. The van der Waals surface area contributed by atoms with E-state index in [1.54, 1.807) is 16.8 Å². The molecule has 1 aliphatic heterocycles. The molecule has 2 amide bonds. The summed E-state index contributed by atoms with van der Waals surface area (Å²) in [5.74, 6) is 1.22. The molecule has 1 aliphatic rings. The molecule has 2 aromatic rings. The number of fused-ring (bicyclic) bond motifs is 1. The van der Waals surface area contributed by atoms with Gasteiger partial charge in [0.15, 0.2) is 17.6 Å². The minimum Gasteiger partial charge on any atom is -0.486 e. The molecule has 3 rings (SSSR count). The molecule has 0 bridgehead atoms. The number of carbonyl (C=O) groups excluding carboxylic acids is 2. The van der Waals surface area contributed by atoms with E-state index in [2.05, 4.69) is 5.32 Å². The molecule has 1 heterocycles. The SMILES string of the molecule is CCN(C[C@@H]1COc2ccccc2O1)C(=O)CN(C)CC(=O)Nc1ccc(C)cc1. The quantitative estimate of drug-likeness (QED) is 0.723. The van der Waals surface area contributed by atoms with Crippen molar-refractivity contribution in [2.45, 2.75) is 20.0 Å². The van der Waals surface area contributed by atoms with Crippen molar-refractivity contribution in [1.82, 2.24) is 9.80 Å². The van der Waals surface area contributed by atoms with Gasteiger partial charge < -0.3 is 19.7 Å². The zero-order valence-corrected chi connectivity index (χ0v) is 17.8. The molecule has 1 N–H and O–H groups in total. The first-order valence-electron chi connectivity index (χ1n) is 10.2. The molecule has 0 saturated heterocycles. The van der Waals surface area contributed by atoms with Crippen LogP contribution < -0.4 is 14.8 Å². The van der Waals surface area contributed by atoms with Crippen molar-refractivity contribution in [2.75, 3.05) is 45.2 Å². The summed E-state index contributed by atoms with van der Waals surface area (Å²) in [4.78, 5) is 28.4. The lowest BCUT2D eigenvalue weighted by Gasteiger charge is -2.31. The minimum absolute atomic E-state index is 0.0504. The van der Waals surface area contributed by atoms with Crippen molar-refractivity contribution >= 4 is 17.5 Å². The van der Waals surface area contributed by atoms with Gasteiger partial charge in [0, 0.05) is 12.2 Å². The molecule has 0 spiro atoms. The summed E-state index contributed by atoms with van der Waals surface area (Å²) in [7, 11) is 1.76. The summed E-state index contributed by atoms with van der Waals surface area (Å²) in [5, 5.41) is 2.85. The fourth-order valence-electron chi connectivity index (χ4n) is 3.28. The molecule has 0 fully saturated rings. The van der Waals surface area contributed by atoms with E-state index in [1.165, 1.54) is 0 Å². The second-order valence-corrected chi connectivity index (χ2v) is 7.52. The first kappa shape index (κ1) is 21.6. The molecule has 0 aromatic heterocycles. The average molecular weight is 412 g/mol. The van der Waals surface area contributed by atoms with E-state index in [1.807, 2.05) is 62.4 Å². The van der Waals surface area contributed by atoms with Crippen molar-refractivity contribution in [3.05, 3.63) is 54.1 Å². The van der Waals surface area contributed by atoms with Crippen molar-refractivity contribution < 1.29 is 19.1 Å². The molecule has 0 aliphatic carbocycles. The average Bonchev–Trinajstić information content (AvgIpc) is 2.73. The van der Waals surface area contributed by atoms with Crippen LogP contribution in [0.5, 0.6) is 11.5 Å². The van der Waals surface area contributed by atoms with Crippen LogP contribution in [0.15, 0.2) is 48.5 Å². The van der Waals surface area contributed by atoms with Crippen LogP contribution in [0.2, 0.25) is 0 Å². The number of likely N-dealkylation sites (N-methyl/N-ethyl adjacent to an activating group) is 2. The topological polar surface area (TPSA) is 71.1 Å². The van der Waals surface area contributed by atoms with E-state index in [9.17, 15) is 9.59 Å². The van der Waals surface area contributed by atoms with E-state index >= 15 is 0 Å². The number of hydrogen-bond donors (Lipinski definition) is 1. The van der Waals surface area contributed by atoms with Gasteiger partial charge in [-0.15, -0.1) is 0 Å². The van der Waals surface area contributed by atoms with Gasteiger partial charge in [0.05, 0.1) is 19.6 Å². The summed E-state index contributed by atoms with van der Waals surface area (Å²) in [6.07, 6.45) is -0.223. The van der Waals surface area contributed by atoms with Crippen molar-refractivity contribution in [3.63, 3.8) is 0 Å². The summed E-state index contributed by atoms with van der Waals surface area (Å²) in [6.45, 7) is 5.60. The molecule has 1 atom stereocenters. The van der Waals surface area contributed by atoms with E-state index in [-0.39, 0.29) is 31.0 Å². The Kier molecular flexibility index (Phi) is 7.30. The molecule has 30 heavy (non-hydrogen) atoms. The number of nitrogens with one attached hydrogen (secondary N) is 1. The van der Waals surface area contributed by atoms with E-state index < -0.39 is 0 Å². The number of hydrogen-bond acceptors (Lipinski definition) is 5. The van der Waals surface area contributed by atoms with E-state index in [0.29, 0.717) is 25.4 Å². The van der Waals surface area contributed by atoms with Crippen LogP contribution in [-0.4, -0.2) is 67.6 Å². The van der Waals surface area contributed by atoms with Gasteiger partial charge in [-0.2, -0.15) is 0 Å². The Morgan fingerprint density at radius 1 is 1.07 bits per heavy atom. The van der Waals surface area contributed by atoms with Crippen LogP contribution in [0, 0.1) is 6.92 Å². The Morgan fingerprint density at radius 3 is 2.47 bits per heavy atom. The van der Waals surface area contributed by atoms with Gasteiger partial charge in [-0.05, 0) is 45.2 Å². The molecule has 0 unspecified atom stereocenters. The fourth-order valence-corrected chi connectivity index (χ4v) is 3.28. The van der Waals surface area contributed by atoms with Crippen molar-refractivity contribution in [1.29, 1.82) is 0 Å². The van der Waals surface area contributed by atoms with Crippen LogP contribution in [0.1, 0.15) is 12.5 Å². The Balaban J connectivity index is 1.47. The number of ether oxygens (including phenoxy) is 2. The lowest BCUT2D eigenvalue weighted by atomic mass is 10.2. The maximum absolute atomic E-state index is 12.7. The lowest BCUT2D eigenvalue weighted by molar-refractivity contribution is -0.133. The highest BCUT2D eigenvalue weighted by atomic mass is 16.6. The number of amides is 2. The number of carbonyl (C=O) groups is 2. The van der Waals surface area contributed by atoms with Gasteiger partial charge in [0.2, 0.25) is 11.8 Å². The number of anilines is 1.